The van der Waals surface area contributed by atoms with Crippen molar-refractivity contribution in [2.45, 2.75) is 24.1 Å². The summed E-state index contributed by atoms with van der Waals surface area (Å²) in [5.41, 5.74) is 2.07. The first-order valence-corrected chi connectivity index (χ1v) is 11.9. The Morgan fingerprint density at radius 1 is 1.00 bits per heavy atom. The van der Waals surface area contributed by atoms with Crippen LogP contribution in [-0.2, 0) is 19.1 Å². The molecule has 2 saturated carbocycles. The van der Waals surface area contributed by atoms with Crippen LogP contribution in [0.1, 0.15) is 22.3 Å². The van der Waals surface area contributed by atoms with Crippen LogP contribution in [0, 0.1) is 30.6 Å². The van der Waals surface area contributed by atoms with E-state index in [1.54, 1.807) is 24.3 Å². The van der Waals surface area contributed by atoms with E-state index >= 15 is 0 Å². The highest BCUT2D eigenvalue weighted by Gasteiger charge is 2.66. The van der Waals surface area contributed by atoms with E-state index in [4.69, 9.17) is 27.9 Å². The van der Waals surface area contributed by atoms with Gasteiger partial charge in [-0.25, -0.2) is 4.79 Å². The van der Waals surface area contributed by atoms with E-state index in [1.807, 2.05) is 19.1 Å². The molecule has 1 N–H and O–H groups in total. The van der Waals surface area contributed by atoms with Gasteiger partial charge in [-0.2, -0.15) is 0 Å². The minimum Gasteiger partial charge on any atom is -0.452 e. The van der Waals surface area contributed by atoms with Crippen molar-refractivity contribution in [1.29, 1.82) is 0 Å². The quantitative estimate of drug-likeness (QED) is 0.383. The van der Waals surface area contributed by atoms with Gasteiger partial charge in [-0.05, 0) is 55.5 Å². The molecule has 0 unspecified atom stereocenters. The number of hydrogen-bond donors (Lipinski definition) is 1. The van der Waals surface area contributed by atoms with E-state index in [0.717, 1.165) is 10.5 Å². The normalized spacial score (nSPS) is 29.3. The molecule has 0 spiro atoms. The Balaban J connectivity index is 1.26. The van der Waals surface area contributed by atoms with Crippen LogP contribution < -0.4 is 10.2 Å². The lowest BCUT2D eigenvalue weighted by Crippen LogP contribution is -2.37. The lowest BCUT2D eigenvalue weighted by Gasteiger charge is -2.28. The number of amides is 3. The van der Waals surface area contributed by atoms with E-state index < -0.39 is 30.3 Å². The zero-order valence-corrected chi connectivity index (χ0v) is 19.8. The summed E-state index contributed by atoms with van der Waals surface area (Å²) in [6.45, 7) is 1.46. The average Bonchev–Trinajstić information content (AvgIpc) is 3.44. The molecule has 0 radical (unpaired) electrons. The molecular formula is C25H22Cl2N2O5. The number of rotatable bonds is 5. The van der Waals surface area contributed by atoms with Crippen LogP contribution in [0.15, 0.2) is 48.5 Å². The van der Waals surface area contributed by atoms with Crippen molar-refractivity contribution < 1.29 is 23.9 Å². The van der Waals surface area contributed by atoms with E-state index in [0.29, 0.717) is 17.8 Å². The molecule has 6 atom stereocenters. The third-order valence-electron chi connectivity index (χ3n) is 7.00. The number of anilines is 2. The summed E-state index contributed by atoms with van der Waals surface area (Å²) in [6.07, 6.45) is 0.681. The molecule has 1 heterocycles. The van der Waals surface area contributed by atoms with Gasteiger partial charge in [0.25, 0.3) is 5.91 Å². The third kappa shape index (κ3) is 3.77. The largest absolute Gasteiger partial charge is 0.452 e. The number of benzene rings is 2. The molecule has 1 aliphatic heterocycles. The minimum absolute atomic E-state index is 0.124. The molecule has 3 aliphatic rings. The number of carbonyl (C=O) groups is 4. The Morgan fingerprint density at radius 2 is 1.62 bits per heavy atom. The van der Waals surface area contributed by atoms with Crippen LogP contribution in [0.25, 0.3) is 0 Å². The first-order valence-electron chi connectivity index (χ1n) is 11.1. The number of aryl methyl sites for hydroxylation is 1. The number of halogens is 2. The molecule has 2 bridgehead atoms. The molecule has 7 nitrogen and oxygen atoms in total. The van der Waals surface area contributed by atoms with Gasteiger partial charge in [-0.1, -0.05) is 23.8 Å². The summed E-state index contributed by atoms with van der Waals surface area (Å²) >= 11 is 12.8. The van der Waals surface area contributed by atoms with Gasteiger partial charge in [0.2, 0.25) is 11.8 Å². The van der Waals surface area contributed by atoms with Crippen molar-refractivity contribution >= 4 is 58.3 Å². The highest BCUT2D eigenvalue weighted by molar-refractivity contribution is 6.32. The molecule has 5 rings (SSSR count). The maximum Gasteiger partial charge on any atom is 0.338 e. The molecular weight excluding hydrogens is 479 g/mol. The molecule has 2 aromatic carbocycles. The Morgan fingerprint density at radius 3 is 2.24 bits per heavy atom. The number of imide groups is 1. The summed E-state index contributed by atoms with van der Waals surface area (Å²) in [4.78, 5) is 52.1. The lowest BCUT2D eigenvalue weighted by atomic mass is 9.80. The van der Waals surface area contributed by atoms with E-state index in [1.165, 1.54) is 12.1 Å². The van der Waals surface area contributed by atoms with Crippen LogP contribution in [0.5, 0.6) is 0 Å². The molecule has 34 heavy (non-hydrogen) atoms. The Hall–Kier alpha value is -2.90. The predicted molar refractivity (Wildman–Crippen MR) is 127 cm³/mol. The van der Waals surface area contributed by atoms with Crippen molar-refractivity contribution in [1.82, 2.24) is 0 Å². The number of fused-ring (bicyclic) bond motifs is 5. The van der Waals surface area contributed by atoms with Gasteiger partial charge in [0, 0.05) is 5.69 Å². The average molecular weight is 501 g/mol. The van der Waals surface area contributed by atoms with Gasteiger partial charge < -0.3 is 10.1 Å². The molecule has 2 aromatic rings. The Bertz CT molecular complexity index is 1150. The topological polar surface area (TPSA) is 92.8 Å². The SMILES string of the molecule is Cc1ccc(NC(=O)COC(=O)c2cccc(N3C(=O)[C@@H]4[C@H]5C[C@@H]([C@@H](Cl)[C@H]5Cl)[C@H]4C3=O)c2)cc1. The maximum absolute atomic E-state index is 13.2. The molecule has 0 aromatic heterocycles. The second-order valence-corrected chi connectivity index (χ2v) is 10.1. The van der Waals surface area contributed by atoms with Crippen molar-refractivity contribution in [2.24, 2.45) is 23.7 Å². The highest BCUT2D eigenvalue weighted by atomic mass is 35.5. The number of nitrogens with one attached hydrogen (secondary N) is 1. The molecule has 9 heteroatoms. The van der Waals surface area contributed by atoms with Gasteiger partial charge in [0.05, 0.1) is 33.8 Å². The Kier molecular flexibility index (Phi) is 5.86. The van der Waals surface area contributed by atoms with Crippen molar-refractivity contribution in [2.75, 3.05) is 16.8 Å². The van der Waals surface area contributed by atoms with Gasteiger partial charge in [0.15, 0.2) is 6.61 Å². The summed E-state index contributed by atoms with van der Waals surface area (Å²) in [5.74, 6) is -3.03. The maximum atomic E-state index is 13.2. The summed E-state index contributed by atoms with van der Waals surface area (Å²) in [7, 11) is 0. The molecule has 2 aliphatic carbocycles. The fourth-order valence-corrected chi connectivity index (χ4v) is 6.32. The van der Waals surface area contributed by atoms with Gasteiger partial charge >= 0.3 is 5.97 Å². The first kappa shape index (κ1) is 22.9. The Labute approximate surface area is 206 Å². The third-order valence-corrected chi connectivity index (χ3v) is 8.32. The second kappa shape index (κ2) is 8.71. The summed E-state index contributed by atoms with van der Waals surface area (Å²) in [6, 6.07) is 13.3. The summed E-state index contributed by atoms with van der Waals surface area (Å²) < 4.78 is 5.13. The fourth-order valence-electron chi connectivity index (χ4n) is 5.42. The lowest BCUT2D eigenvalue weighted by molar-refractivity contribution is -0.123. The van der Waals surface area contributed by atoms with Gasteiger partial charge in [-0.3, -0.25) is 19.3 Å². The number of nitrogens with zero attached hydrogens (tertiary/aromatic N) is 1. The van der Waals surface area contributed by atoms with Gasteiger partial charge in [-0.15, -0.1) is 23.2 Å². The molecule has 3 fully saturated rings. The fraction of sp³-hybridized carbons (Fsp3) is 0.360. The first-order chi connectivity index (χ1) is 16.3. The van der Waals surface area contributed by atoms with Crippen LogP contribution in [0.3, 0.4) is 0 Å². The molecule has 1 saturated heterocycles. The number of alkyl halides is 2. The number of carbonyl (C=O) groups excluding carboxylic acids is 4. The molecule has 3 amide bonds. The van der Waals surface area contributed by atoms with E-state index in [9.17, 15) is 19.2 Å². The molecule has 176 valence electrons. The van der Waals surface area contributed by atoms with Crippen molar-refractivity contribution in [3.8, 4) is 0 Å². The second-order valence-electron chi connectivity index (χ2n) is 9.06. The predicted octanol–water partition coefficient (Wildman–Crippen LogP) is 3.76. The highest BCUT2D eigenvalue weighted by Crippen LogP contribution is 2.59. The monoisotopic (exact) mass is 500 g/mol. The smallest absolute Gasteiger partial charge is 0.338 e. The summed E-state index contributed by atoms with van der Waals surface area (Å²) in [5, 5.41) is 1.98. The van der Waals surface area contributed by atoms with Crippen molar-refractivity contribution in [3.63, 3.8) is 0 Å². The van der Waals surface area contributed by atoms with Crippen molar-refractivity contribution in [3.05, 3.63) is 59.7 Å². The van der Waals surface area contributed by atoms with Crippen LogP contribution in [0.4, 0.5) is 11.4 Å². The van der Waals surface area contributed by atoms with Gasteiger partial charge in [0.1, 0.15) is 0 Å². The number of hydrogen-bond acceptors (Lipinski definition) is 5. The zero-order chi connectivity index (χ0) is 24.1. The van der Waals surface area contributed by atoms with Crippen LogP contribution in [0.2, 0.25) is 0 Å². The minimum atomic E-state index is -0.734. The van der Waals surface area contributed by atoms with E-state index in [2.05, 4.69) is 5.32 Å². The number of ether oxygens (including phenoxy) is 1. The zero-order valence-electron chi connectivity index (χ0n) is 18.2. The van der Waals surface area contributed by atoms with Crippen LogP contribution in [-0.4, -0.2) is 41.1 Å². The van der Waals surface area contributed by atoms with Crippen LogP contribution >= 0.6 is 23.2 Å². The standard InChI is InChI=1S/C25H22Cl2N2O5/c1-12-5-7-14(8-6-12)28-18(30)11-34-25(33)13-3-2-4-15(9-13)29-23(31)19-16-10-17(20(19)24(29)32)22(27)21(16)26/h2-9,16-17,19-22H,10-11H2,1H3,(H,28,30)/t16-,17-,19-,20-,21-,22+/m1/s1. The van der Waals surface area contributed by atoms with E-state index in [-0.39, 0.29) is 40.0 Å². The number of esters is 1.